The van der Waals surface area contributed by atoms with Crippen LogP contribution in [-0.4, -0.2) is 0 Å². The molecule has 0 saturated heterocycles. The van der Waals surface area contributed by atoms with Crippen molar-refractivity contribution >= 4 is 6.08 Å². The van der Waals surface area contributed by atoms with E-state index >= 15 is 0 Å². The minimum atomic E-state index is 0.176. The monoisotopic (exact) mass is 224 g/mol. The number of hydrogen-bond acceptors (Lipinski definition) is 0. The average molecular weight is 224 g/mol. The Labute approximate surface area is 104 Å². The van der Waals surface area contributed by atoms with Crippen LogP contribution in [0, 0.1) is 0 Å². The zero-order valence-corrected chi connectivity index (χ0v) is 10.7. The molecule has 0 spiro atoms. The molecule has 2 rings (SSSR count). The Morgan fingerprint density at radius 2 is 1.65 bits per heavy atom. The molecule has 0 radical (unpaired) electrons. The number of fused-ring (bicyclic) bond motifs is 1. The van der Waals surface area contributed by atoms with E-state index in [1.54, 1.807) is 0 Å². The predicted molar refractivity (Wildman–Crippen MR) is 76.0 cm³/mol. The summed E-state index contributed by atoms with van der Waals surface area (Å²) in [5, 5.41) is 0. The molecule has 1 aliphatic rings. The highest BCUT2D eigenvalue weighted by Crippen LogP contribution is 2.42. The zero-order chi connectivity index (χ0) is 12.1. The summed E-state index contributed by atoms with van der Waals surface area (Å²) in [6.07, 6.45) is 15.6. The van der Waals surface area contributed by atoms with Gasteiger partial charge >= 0.3 is 0 Å². The van der Waals surface area contributed by atoms with Crippen molar-refractivity contribution in [3.05, 3.63) is 65.8 Å². The number of rotatable bonds is 4. The third-order valence-corrected chi connectivity index (χ3v) is 3.51. The van der Waals surface area contributed by atoms with E-state index < -0.39 is 0 Å². The minimum Gasteiger partial charge on any atom is -0.0916 e. The van der Waals surface area contributed by atoms with E-state index in [2.05, 4.69) is 74.6 Å². The van der Waals surface area contributed by atoms with Gasteiger partial charge in [0.1, 0.15) is 0 Å². The number of benzene rings is 1. The van der Waals surface area contributed by atoms with Gasteiger partial charge < -0.3 is 0 Å². The minimum absolute atomic E-state index is 0.176. The van der Waals surface area contributed by atoms with Crippen LogP contribution in [0.15, 0.2) is 54.6 Å². The van der Waals surface area contributed by atoms with Crippen molar-refractivity contribution in [1.82, 2.24) is 0 Å². The number of hydrogen-bond donors (Lipinski definition) is 0. The molecule has 0 bridgehead atoms. The summed E-state index contributed by atoms with van der Waals surface area (Å²) in [5.41, 5.74) is 3.02. The van der Waals surface area contributed by atoms with E-state index in [4.69, 9.17) is 0 Å². The van der Waals surface area contributed by atoms with Crippen LogP contribution in [0.25, 0.3) is 6.08 Å². The van der Waals surface area contributed by atoms with Gasteiger partial charge in [-0.15, -0.1) is 0 Å². The first-order valence-corrected chi connectivity index (χ1v) is 6.33. The van der Waals surface area contributed by atoms with Crippen molar-refractivity contribution in [3.8, 4) is 0 Å². The Balaban J connectivity index is 2.39. The molecule has 0 atom stereocenters. The molecule has 88 valence electrons. The topological polar surface area (TPSA) is 0 Å². The molecule has 0 heterocycles. The van der Waals surface area contributed by atoms with Gasteiger partial charge in [0.2, 0.25) is 0 Å². The van der Waals surface area contributed by atoms with Crippen LogP contribution in [0.1, 0.15) is 37.8 Å². The molecule has 0 unspecified atom stereocenters. The summed E-state index contributed by atoms with van der Waals surface area (Å²) in [5.74, 6) is 0. The lowest BCUT2D eigenvalue weighted by Crippen LogP contribution is -2.20. The van der Waals surface area contributed by atoms with Crippen molar-refractivity contribution in [2.75, 3.05) is 0 Å². The molecule has 0 N–H and O–H groups in total. The van der Waals surface area contributed by atoms with Crippen LogP contribution in [0.5, 0.6) is 0 Å². The first kappa shape index (κ1) is 11.9. The van der Waals surface area contributed by atoms with E-state index in [0.29, 0.717) is 0 Å². The van der Waals surface area contributed by atoms with E-state index in [1.807, 2.05) is 0 Å². The molecule has 0 fully saturated rings. The molecular formula is C17H20. The summed E-state index contributed by atoms with van der Waals surface area (Å²) in [4.78, 5) is 0. The Hall–Kier alpha value is -1.56. The van der Waals surface area contributed by atoms with Crippen LogP contribution in [0.4, 0.5) is 0 Å². The van der Waals surface area contributed by atoms with Crippen molar-refractivity contribution < 1.29 is 0 Å². The molecule has 1 aromatic carbocycles. The van der Waals surface area contributed by atoms with Gasteiger partial charge in [-0.25, -0.2) is 0 Å². The van der Waals surface area contributed by atoms with Crippen molar-refractivity contribution in [2.24, 2.45) is 0 Å². The van der Waals surface area contributed by atoms with Crippen molar-refractivity contribution in [2.45, 2.75) is 32.1 Å². The summed E-state index contributed by atoms with van der Waals surface area (Å²) in [6, 6.07) is 8.73. The lowest BCUT2D eigenvalue weighted by molar-refractivity contribution is 0.559. The Kier molecular flexibility index (Phi) is 3.63. The highest BCUT2D eigenvalue weighted by Gasteiger charge is 2.32. The first-order chi connectivity index (χ1) is 8.32. The average Bonchev–Trinajstić information content (AvgIpc) is 2.74. The maximum atomic E-state index is 2.37. The highest BCUT2D eigenvalue weighted by molar-refractivity contribution is 5.65. The SMILES string of the molecule is C/C=C/CC1(C/C=C/C)C=Cc2ccccc21. The van der Waals surface area contributed by atoms with E-state index in [9.17, 15) is 0 Å². The smallest absolute Gasteiger partial charge is 0.0210 e. The van der Waals surface area contributed by atoms with Crippen LogP contribution in [0.3, 0.4) is 0 Å². The van der Waals surface area contributed by atoms with Gasteiger partial charge in [-0.2, -0.15) is 0 Å². The van der Waals surface area contributed by atoms with Gasteiger partial charge in [0.15, 0.2) is 0 Å². The van der Waals surface area contributed by atoms with Gasteiger partial charge in [-0.05, 0) is 37.8 Å². The maximum Gasteiger partial charge on any atom is 0.0210 e. The summed E-state index contributed by atoms with van der Waals surface area (Å²) in [7, 11) is 0. The predicted octanol–water partition coefficient (Wildman–Crippen LogP) is 4.88. The number of allylic oxidation sites excluding steroid dienone is 5. The lowest BCUT2D eigenvalue weighted by atomic mass is 9.76. The fraction of sp³-hybridized carbons (Fsp3) is 0.294. The Bertz CT molecular complexity index is 447. The molecule has 1 aromatic rings. The second-order valence-electron chi connectivity index (χ2n) is 4.62. The second kappa shape index (κ2) is 5.18. The second-order valence-corrected chi connectivity index (χ2v) is 4.62. The third-order valence-electron chi connectivity index (χ3n) is 3.51. The Morgan fingerprint density at radius 3 is 2.29 bits per heavy atom. The largest absolute Gasteiger partial charge is 0.0916 e. The van der Waals surface area contributed by atoms with Gasteiger partial charge in [-0.1, -0.05) is 60.7 Å². The van der Waals surface area contributed by atoms with E-state index in [-0.39, 0.29) is 5.41 Å². The molecule has 0 aromatic heterocycles. The molecular weight excluding hydrogens is 204 g/mol. The molecule has 0 heteroatoms. The van der Waals surface area contributed by atoms with Crippen LogP contribution in [0.2, 0.25) is 0 Å². The quantitative estimate of drug-likeness (QED) is 0.639. The summed E-state index contributed by atoms with van der Waals surface area (Å²) >= 11 is 0. The van der Waals surface area contributed by atoms with Crippen molar-refractivity contribution in [3.63, 3.8) is 0 Å². The third kappa shape index (κ3) is 2.26. The van der Waals surface area contributed by atoms with Gasteiger partial charge in [0, 0.05) is 5.41 Å². The fourth-order valence-corrected chi connectivity index (χ4v) is 2.53. The molecule has 1 aliphatic carbocycles. The van der Waals surface area contributed by atoms with Crippen molar-refractivity contribution in [1.29, 1.82) is 0 Å². The maximum absolute atomic E-state index is 2.37. The first-order valence-electron chi connectivity index (χ1n) is 6.33. The van der Waals surface area contributed by atoms with E-state index in [0.717, 1.165) is 12.8 Å². The lowest BCUT2D eigenvalue weighted by Gasteiger charge is -2.27. The van der Waals surface area contributed by atoms with Gasteiger partial charge in [0.25, 0.3) is 0 Å². The normalized spacial score (nSPS) is 17.1. The van der Waals surface area contributed by atoms with E-state index in [1.165, 1.54) is 11.1 Å². The fourth-order valence-electron chi connectivity index (χ4n) is 2.53. The van der Waals surface area contributed by atoms with Crippen LogP contribution in [-0.2, 0) is 5.41 Å². The summed E-state index contributed by atoms with van der Waals surface area (Å²) < 4.78 is 0. The molecule has 17 heavy (non-hydrogen) atoms. The molecule has 0 nitrogen and oxygen atoms in total. The van der Waals surface area contributed by atoms with Crippen LogP contribution >= 0.6 is 0 Å². The summed E-state index contributed by atoms with van der Waals surface area (Å²) in [6.45, 7) is 4.18. The standard InChI is InChI=1S/C17H20/c1-3-5-12-17(13-6-4-2)14-11-15-9-7-8-10-16(15)17/h3-11,14H,12-13H2,1-2H3/b5-3+,6-4+. The molecule has 0 saturated carbocycles. The van der Waals surface area contributed by atoms with Crippen LogP contribution < -0.4 is 0 Å². The van der Waals surface area contributed by atoms with Gasteiger partial charge in [-0.3, -0.25) is 0 Å². The van der Waals surface area contributed by atoms with Gasteiger partial charge in [0.05, 0.1) is 0 Å². The molecule has 0 aliphatic heterocycles. The molecule has 0 amide bonds. The highest BCUT2D eigenvalue weighted by atomic mass is 14.3. The Morgan fingerprint density at radius 1 is 1.00 bits per heavy atom. The zero-order valence-electron chi connectivity index (χ0n) is 10.7.